The third kappa shape index (κ3) is 4.73. The first-order valence-corrected chi connectivity index (χ1v) is 8.77. The molecule has 138 valence electrons. The summed E-state index contributed by atoms with van der Waals surface area (Å²) in [7, 11) is 0. The number of carbonyl (C=O) groups is 1. The monoisotopic (exact) mass is 358 g/mol. The van der Waals surface area contributed by atoms with E-state index in [0.29, 0.717) is 31.5 Å². The van der Waals surface area contributed by atoms with E-state index >= 15 is 0 Å². The zero-order chi connectivity index (χ0) is 18.5. The summed E-state index contributed by atoms with van der Waals surface area (Å²) in [6.45, 7) is 3.62. The van der Waals surface area contributed by atoms with Crippen molar-refractivity contribution in [3.8, 4) is 11.5 Å². The van der Waals surface area contributed by atoms with Crippen molar-refractivity contribution in [1.82, 2.24) is 9.80 Å². The van der Waals surface area contributed by atoms with Crippen LogP contribution in [0.4, 0.5) is 4.39 Å². The number of benzene rings is 2. The van der Waals surface area contributed by atoms with Crippen LogP contribution in [0.2, 0.25) is 0 Å². The highest BCUT2D eigenvalue weighted by Crippen LogP contribution is 2.23. The minimum atomic E-state index is -0.234. The molecule has 0 aliphatic carbocycles. The van der Waals surface area contributed by atoms with Gasteiger partial charge in [-0.25, -0.2) is 4.39 Å². The Morgan fingerprint density at radius 3 is 2.38 bits per heavy atom. The summed E-state index contributed by atoms with van der Waals surface area (Å²) < 4.78 is 13.0. The highest BCUT2D eigenvalue weighted by molar-refractivity contribution is 5.76. The first kappa shape index (κ1) is 18.2. The number of halogens is 1. The van der Waals surface area contributed by atoms with E-state index in [1.807, 2.05) is 4.90 Å². The van der Waals surface area contributed by atoms with E-state index < -0.39 is 0 Å². The second-order valence-electron chi connectivity index (χ2n) is 6.60. The topological polar surface area (TPSA) is 64.0 Å². The second kappa shape index (κ2) is 8.19. The van der Waals surface area contributed by atoms with Crippen molar-refractivity contribution in [2.24, 2.45) is 0 Å². The van der Waals surface area contributed by atoms with E-state index in [9.17, 15) is 19.4 Å². The molecule has 0 spiro atoms. The van der Waals surface area contributed by atoms with E-state index in [4.69, 9.17) is 0 Å². The number of amides is 1. The van der Waals surface area contributed by atoms with Gasteiger partial charge in [-0.3, -0.25) is 9.69 Å². The smallest absolute Gasteiger partial charge is 0.222 e. The fraction of sp³-hybridized carbons (Fsp3) is 0.350. The fourth-order valence-corrected chi connectivity index (χ4v) is 3.18. The van der Waals surface area contributed by atoms with Gasteiger partial charge in [0.1, 0.15) is 17.3 Å². The molecule has 3 rings (SSSR count). The van der Waals surface area contributed by atoms with Gasteiger partial charge in [0.25, 0.3) is 0 Å². The van der Waals surface area contributed by atoms with Gasteiger partial charge >= 0.3 is 0 Å². The SMILES string of the molecule is O=C(CCc1cc(O)ccc1O)N1CCN(Cc2ccc(F)cc2)CC1. The molecule has 0 atom stereocenters. The molecule has 26 heavy (non-hydrogen) atoms. The van der Waals surface area contributed by atoms with E-state index in [0.717, 1.165) is 25.2 Å². The second-order valence-corrected chi connectivity index (χ2v) is 6.60. The molecule has 0 bridgehead atoms. The lowest BCUT2D eigenvalue weighted by Gasteiger charge is -2.34. The third-order valence-electron chi connectivity index (χ3n) is 4.72. The predicted molar refractivity (Wildman–Crippen MR) is 96.3 cm³/mol. The number of aryl methyl sites for hydroxylation is 1. The molecule has 0 unspecified atom stereocenters. The molecule has 1 aliphatic rings. The van der Waals surface area contributed by atoms with Crippen LogP contribution < -0.4 is 0 Å². The normalized spacial score (nSPS) is 15.2. The molecule has 2 N–H and O–H groups in total. The molecule has 0 radical (unpaired) electrons. The lowest BCUT2D eigenvalue weighted by Crippen LogP contribution is -2.48. The molecule has 0 saturated carbocycles. The maximum Gasteiger partial charge on any atom is 0.222 e. The van der Waals surface area contributed by atoms with Crippen molar-refractivity contribution < 1.29 is 19.4 Å². The Labute approximate surface area is 152 Å². The molecule has 2 aromatic carbocycles. The minimum absolute atomic E-state index is 0.0502. The first-order valence-electron chi connectivity index (χ1n) is 8.77. The number of hydrogen-bond donors (Lipinski definition) is 2. The molecule has 1 heterocycles. The Hall–Kier alpha value is -2.60. The van der Waals surface area contributed by atoms with Crippen LogP contribution in [0.25, 0.3) is 0 Å². The Morgan fingerprint density at radius 1 is 1.00 bits per heavy atom. The third-order valence-corrected chi connectivity index (χ3v) is 4.72. The lowest BCUT2D eigenvalue weighted by molar-refractivity contribution is -0.133. The average molecular weight is 358 g/mol. The Bertz CT molecular complexity index is 756. The number of rotatable bonds is 5. The number of phenolic OH excluding ortho intramolecular Hbond substituents is 2. The number of piperazine rings is 1. The zero-order valence-corrected chi connectivity index (χ0v) is 14.6. The van der Waals surface area contributed by atoms with Gasteiger partial charge in [-0.1, -0.05) is 12.1 Å². The molecule has 6 heteroatoms. The number of phenols is 2. The van der Waals surface area contributed by atoms with Crippen molar-refractivity contribution in [3.05, 3.63) is 59.4 Å². The van der Waals surface area contributed by atoms with Crippen molar-refractivity contribution in [3.63, 3.8) is 0 Å². The van der Waals surface area contributed by atoms with Crippen molar-refractivity contribution in [2.45, 2.75) is 19.4 Å². The summed E-state index contributed by atoms with van der Waals surface area (Å²) in [5, 5.41) is 19.3. The van der Waals surface area contributed by atoms with Gasteiger partial charge in [0.2, 0.25) is 5.91 Å². The van der Waals surface area contributed by atoms with Crippen molar-refractivity contribution in [1.29, 1.82) is 0 Å². The molecular formula is C20H23FN2O3. The van der Waals surface area contributed by atoms with Gasteiger partial charge in [0.15, 0.2) is 0 Å². The Morgan fingerprint density at radius 2 is 1.69 bits per heavy atom. The number of carbonyl (C=O) groups excluding carboxylic acids is 1. The first-order chi connectivity index (χ1) is 12.5. The van der Waals surface area contributed by atoms with Crippen LogP contribution in [0.1, 0.15) is 17.5 Å². The fourth-order valence-electron chi connectivity index (χ4n) is 3.18. The molecule has 5 nitrogen and oxygen atoms in total. The summed E-state index contributed by atoms with van der Waals surface area (Å²) in [6, 6.07) is 10.8. The van der Waals surface area contributed by atoms with Crippen LogP contribution in [0, 0.1) is 5.82 Å². The molecule has 1 fully saturated rings. The van der Waals surface area contributed by atoms with Gasteiger partial charge in [0, 0.05) is 39.1 Å². The number of nitrogens with zero attached hydrogens (tertiary/aromatic N) is 2. The van der Waals surface area contributed by atoms with Gasteiger partial charge in [-0.2, -0.15) is 0 Å². The number of hydrogen-bond acceptors (Lipinski definition) is 4. The van der Waals surface area contributed by atoms with Crippen LogP contribution in [0.3, 0.4) is 0 Å². The number of aromatic hydroxyl groups is 2. The average Bonchev–Trinajstić information content (AvgIpc) is 2.65. The van der Waals surface area contributed by atoms with Crippen molar-refractivity contribution >= 4 is 5.91 Å². The van der Waals surface area contributed by atoms with Crippen LogP contribution in [0.15, 0.2) is 42.5 Å². The predicted octanol–water partition coefficient (Wildman–Crippen LogP) is 2.51. The summed E-state index contributed by atoms with van der Waals surface area (Å²) in [4.78, 5) is 16.5. The van der Waals surface area contributed by atoms with Gasteiger partial charge in [0.05, 0.1) is 0 Å². The summed E-state index contributed by atoms with van der Waals surface area (Å²) in [5.74, 6) is -0.00418. The highest BCUT2D eigenvalue weighted by atomic mass is 19.1. The molecule has 1 saturated heterocycles. The van der Waals surface area contributed by atoms with E-state index in [1.54, 1.807) is 12.1 Å². The quantitative estimate of drug-likeness (QED) is 0.806. The van der Waals surface area contributed by atoms with Crippen LogP contribution >= 0.6 is 0 Å². The standard InChI is InChI=1S/C20H23FN2O3/c21-17-4-1-15(2-5-17)14-22-9-11-23(12-10-22)20(26)8-3-16-13-18(24)6-7-19(16)25/h1-2,4-7,13,24-25H,3,8-12,14H2. The van der Waals surface area contributed by atoms with Gasteiger partial charge < -0.3 is 15.1 Å². The van der Waals surface area contributed by atoms with Crippen molar-refractivity contribution in [2.75, 3.05) is 26.2 Å². The summed E-state index contributed by atoms with van der Waals surface area (Å²) in [5.41, 5.74) is 1.64. The van der Waals surface area contributed by atoms with E-state index in [-0.39, 0.29) is 23.2 Å². The summed E-state index contributed by atoms with van der Waals surface area (Å²) in [6.07, 6.45) is 0.698. The van der Waals surface area contributed by atoms with Crippen LogP contribution in [0.5, 0.6) is 11.5 Å². The largest absolute Gasteiger partial charge is 0.508 e. The lowest BCUT2D eigenvalue weighted by atomic mass is 10.1. The molecule has 1 amide bonds. The maximum atomic E-state index is 13.0. The summed E-state index contributed by atoms with van der Waals surface area (Å²) >= 11 is 0. The van der Waals surface area contributed by atoms with Crippen LogP contribution in [-0.4, -0.2) is 52.1 Å². The van der Waals surface area contributed by atoms with E-state index in [1.165, 1.54) is 30.3 Å². The van der Waals surface area contributed by atoms with Gasteiger partial charge in [-0.15, -0.1) is 0 Å². The van der Waals surface area contributed by atoms with Crippen LogP contribution in [-0.2, 0) is 17.8 Å². The molecule has 0 aromatic heterocycles. The minimum Gasteiger partial charge on any atom is -0.508 e. The van der Waals surface area contributed by atoms with Gasteiger partial charge in [-0.05, 0) is 47.9 Å². The Balaban J connectivity index is 1.46. The van der Waals surface area contributed by atoms with E-state index in [2.05, 4.69) is 4.90 Å². The molecule has 1 aliphatic heterocycles. The molecular weight excluding hydrogens is 335 g/mol. The molecule has 2 aromatic rings. The zero-order valence-electron chi connectivity index (χ0n) is 14.6. The highest BCUT2D eigenvalue weighted by Gasteiger charge is 2.21. The Kier molecular flexibility index (Phi) is 5.73. The maximum absolute atomic E-state index is 13.0.